The smallest absolute Gasteiger partial charge is 0.326 e. The molecule has 6 nitrogen and oxygen atoms in total. The van der Waals surface area contributed by atoms with E-state index >= 15 is 0 Å². The number of urea groups is 1. The zero-order chi connectivity index (χ0) is 23.8. The highest BCUT2D eigenvalue weighted by molar-refractivity contribution is 6.01. The Labute approximate surface area is 196 Å². The number of nitrogens with zero attached hydrogens (tertiary/aromatic N) is 3. The molecule has 170 valence electrons. The second-order valence-electron chi connectivity index (χ2n) is 8.33. The van der Waals surface area contributed by atoms with E-state index in [0.717, 1.165) is 22.4 Å². The van der Waals surface area contributed by atoms with Gasteiger partial charge in [0.25, 0.3) is 5.89 Å². The lowest BCUT2D eigenvalue weighted by atomic mass is 9.94. The molecule has 0 bridgehead atoms. The van der Waals surface area contributed by atoms with Crippen LogP contribution < -0.4 is 10.2 Å². The van der Waals surface area contributed by atoms with E-state index in [9.17, 15) is 9.18 Å². The Bertz CT molecular complexity index is 1390. The van der Waals surface area contributed by atoms with Crippen LogP contribution in [-0.2, 0) is 0 Å². The van der Waals surface area contributed by atoms with Crippen molar-refractivity contribution in [3.05, 3.63) is 107 Å². The summed E-state index contributed by atoms with van der Waals surface area (Å²) in [4.78, 5) is 19.5. The van der Waals surface area contributed by atoms with Gasteiger partial charge < -0.3 is 9.84 Å². The van der Waals surface area contributed by atoms with Crippen LogP contribution in [0.5, 0.6) is 0 Å². The summed E-state index contributed by atoms with van der Waals surface area (Å²) in [6.45, 7) is 5.88. The molecule has 1 aliphatic heterocycles. The molecule has 4 aromatic rings. The molecule has 7 heteroatoms. The number of amides is 2. The van der Waals surface area contributed by atoms with Crippen LogP contribution in [0, 0.1) is 19.7 Å². The van der Waals surface area contributed by atoms with Gasteiger partial charge in [-0.25, -0.2) is 9.18 Å². The normalized spacial score (nSPS) is 16.1. The standard InChI is InChI=1S/C27H23FN4O2/c1-16-9-14-22(15-17(16)2)32-18(3)23(24(29-27(32)33)19-10-12-21(28)13-11-19)26-30-25(31-34-26)20-7-5-4-6-8-20/h4-15,24H,1-3H3,(H,29,33). The van der Waals surface area contributed by atoms with Gasteiger partial charge in [-0.3, -0.25) is 4.90 Å². The first-order valence-corrected chi connectivity index (χ1v) is 11.0. The summed E-state index contributed by atoms with van der Waals surface area (Å²) < 4.78 is 19.3. The summed E-state index contributed by atoms with van der Waals surface area (Å²) in [7, 11) is 0. The van der Waals surface area contributed by atoms with Gasteiger partial charge in [0.2, 0.25) is 5.82 Å². The number of aryl methyl sites for hydroxylation is 2. The first-order valence-electron chi connectivity index (χ1n) is 11.0. The van der Waals surface area contributed by atoms with Gasteiger partial charge in [0.1, 0.15) is 5.82 Å². The Morgan fingerprint density at radius 1 is 0.941 bits per heavy atom. The Morgan fingerprint density at radius 2 is 1.68 bits per heavy atom. The summed E-state index contributed by atoms with van der Waals surface area (Å²) in [5.74, 6) is 0.386. The summed E-state index contributed by atoms with van der Waals surface area (Å²) >= 11 is 0. The second kappa shape index (κ2) is 8.59. The molecule has 34 heavy (non-hydrogen) atoms. The summed E-state index contributed by atoms with van der Waals surface area (Å²) in [5, 5.41) is 7.21. The van der Waals surface area contributed by atoms with Crippen molar-refractivity contribution in [2.45, 2.75) is 26.8 Å². The lowest BCUT2D eigenvalue weighted by molar-refractivity contribution is 0.244. The van der Waals surface area contributed by atoms with E-state index in [0.29, 0.717) is 28.5 Å². The van der Waals surface area contributed by atoms with Crippen LogP contribution in [0.4, 0.5) is 14.9 Å². The van der Waals surface area contributed by atoms with E-state index in [1.807, 2.05) is 69.3 Å². The molecular formula is C27H23FN4O2. The SMILES string of the molecule is CC1=C(c2nc(-c3ccccc3)no2)C(c2ccc(F)cc2)NC(=O)N1c1ccc(C)c(C)c1. The fraction of sp³-hybridized carbons (Fsp3) is 0.148. The van der Waals surface area contributed by atoms with Crippen LogP contribution in [0.3, 0.4) is 0 Å². The monoisotopic (exact) mass is 454 g/mol. The first kappa shape index (κ1) is 21.6. The highest BCUT2D eigenvalue weighted by atomic mass is 19.1. The Hall–Kier alpha value is -4.26. The predicted molar refractivity (Wildman–Crippen MR) is 128 cm³/mol. The maximum absolute atomic E-state index is 13.6. The van der Waals surface area contributed by atoms with Crippen LogP contribution in [0.25, 0.3) is 17.0 Å². The maximum atomic E-state index is 13.6. The van der Waals surface area contributed by atoms with E-state index in [1.165, 1.54) is 12.1 Å². The molecular weight excluding hydrogens is 431 g/mol. The van der Waals surface area contributed by atoms with Crippen molar-refractivity contribution >= 4 is 17.3 Å². The zero-order valence-corrected chi connectivity index (χ0v) is 19.0. The van der Waals surface area contributed by atoms with Gasteiger partial charge in [-0.2, -0.15) is 4.98 Å². The second-order valence-corrected chi connectivity index (χ2v) is 8.33. The van der Waals surface area contributed by atoms with Crippen molar-refractivity contribution in [3.8, 4) is 11.4 Å². The molecule has 1 aliphatic rings. The molecule has 2 heterocycles. The topological polar surface area (TPSA) is 71.3 Å². The zero-order valence-electron chi connectivity index (χ0n) is 19.0. The molecule has 0 radical (unpaired) electrons. The third kappa shape index (κ3) is 3.85. The number of hydrogen-bond donors (Lipinski definition) is 1. The molecule has 1 unspecified atom stereocenters. The molecule has 5 rings (SSSR count). The van der Waals surface area contributed by atoms with Crippen LogP contribution in [0.2, 0.25) is 0 Å². The van der Waals surface area contributed by atoms with Crippen LogP contribution >= 0.6 is 0 Å². The van der Waals surface area contributed by atoms with Crippen LogP contribution in [0.1, 0.15) is 35.5 Å². The number of nitrogens with one attached hydrogen (secondary N) is 1. The lowest BCUT2D eigenvalue weighted by Crippen LogP contribution is -2.46. The van der Waals surface area contributed by atoms with E-state index in [2.05, 4.69) is 15.5 Å². The number of benzene rings is 3. The molecule has 0 fully saturated rings. The summed E-state index contributed by atoms with van der Waals surface area (Å²) in [6, 6.07) is 20.5. The van der Waals surface area contributed by atoms with Gasteiger partial charge in [-0.15, -0.1) is 0 Å². The number of halogens is 1. The minimum absolute atomic E-state index is 0.290. The maximum Gasteiger partial charge on any atom is 0.326 e. The average molecular weight is 455 g/mol. The molecule has 1 aromatic heterocycles. The van der Waals surface area contributed by atoms with Gasteiger partial charge in [0.15, 0.2) is 0 Å². The summed E-state index contributed by atoms with van der Waals surface area (Å²) in [5.41, 5.74) is 5.78. The molecule has 2 amide bonds. The number of aromatic nitrogens is 2. The molecule has 0 saturated heterocycles. The lowest BCUT2D eigenvalue weighted by Gasteiger charge is -2.35. The number of allylic oxidation sites excluding steroid dienone is 1. The molecule has 0 spiro atoms. The fourth-order valence-corrected chi connectivity index (χ4v) is 4.14. The van der Waals surface area contributed by atoms with Crippen LogP contribution in [-0.4, -0.2) is 16.2 Å². The van der Waals surface area contributed by atoms with Crippen molar-refractivity contribution in [2.24, 2.45) is 0 Å². The van der Waals surface area contributed by atoms with E-state index in [-0.39, 0.29) is 11.8 Å². The number of carbonyl (C=O) groups is 1. The quantitative estimate of drug-likeness (QED) is 0.399. The molecule has 0 aliphatic carbocycles. The largest absolute Gasteiger partial charge is 0.334 e. The molecule has 0 saturated carbocycles. The number of carbonyl (C=O) groups excluding carboxylic acids is 1. The number of hydrogen-bond acceptors (Lipinski definition) is 4. The number of rotatable bonds is 4. The minimum Gasteiger partial charge on any atom is -0.334 e. The third-order valence-electron chi connectivity index (χ3n) is 6.13. The van der Waals surface area contributed by atoms with Gasteiger partial charge in [-0.05, 0) is 61.7 Å². The first-order chi connectivity index (χ1) is 16.4. The van der Waals surface area contributed by atoms with Gasteiger partial charge >= 0.3 is 6.03 Å². The average Bonchev–Trinajstić information content (AvgIpc) is 3.32. The highest BCUT2D eigenvalue weighted by Crippen LogP contribution is 2.39. The van der Waals surface area contributed by atoms with Gasteiger partial charge in [-0.1, -0.05) is 53.7 Å². The highest BCUT2D eigenvalue weighted by Gasteiger charge is 2.36. The van der Waals surface area contributed by atoms with Crippen molar-refractivity contribution in [2.75, 3.05) is 4.90 Å². The Kier molecular flexibility index (Phi) is 5.45. The molecule has 1 N–H and O–H groups in total. The third-order valence-corrected chi connectivity index (χ3v) is 6.13. The summed E-state index contributed by atoms with van der Waals surface area (Å²) in [6.07, 6.45) is 0. The Balaban J connectivity index is 1.66. The van der Waals surface area contributed by atoms with E-state index < -0.39 is 6.04 Å². The van der Waals surface area contributed by atoms with E-state index in [4.69, 9.17) is 4.52 Å². The van der Waals surface area contributed by atoms with Crippen molar-refractivity contribution < 1.29 is 13.7 Å². The fourth-order valence-electron chi connectivity index (χ4n) is 4.14. The van der Waals surface area contributed by atoms with Crippen molar-refractivity contribution in [3.63, 3.8) is 0 Å². The molecule has 3 aromatic carbocycles. The van der Waals surface area contributed by atoms with Crippen molar-refractivity contribution in [1.29, 1.82) is 0 Å². The van der Waals surface area contributed by atoms with Gasteiger partial charge in [0.05, 0.1) is 17.3 Å². The molecule has 1 atom stereocenters. The predicted octanol–water partition coefficient (Wildman–Crippen LogP) is 6.19. The Morgan fingerprint density at radius 3 is 2.38 bits per heavy atom. The van der Waals surface area contributed by atoms with Crippen molar-refractivity contribution in [1.82, 2.24) is 15.5 Å². The van der Waals surface area contributed by atoms with Gasteiger partial charge in [0, 0.05) is 11.3 Å². The van der Waals surface area contributed by atoms with E-state index in [1.54, 1.807) is 17.0 Å². The van der Waals surface area contributed by atoms with Crippen LogP contribution in [0.15, 0.2) is 83.0 Å². The number of anilines is 1. The minimum atomic E-state index is -0.583.